The van der Waals surface area contributed by atoms with E-state index in [0.717, 1.165) is 16.2 Å². The van der Waals surface area contributed by atoms with E-state index in [1.807, 2.05) is 110 Å². The van der Waals surface area contributed by atoms with Gasteiger partial charge in [-0.2, -0.15) is 15.8 Å². The van der Waals surface area contributed by atoms with E-state index in [1.54, 1.807) is 54.6 Å². The molecule has 550 valence electrons. The number of rotatable bonds is 12. The molecule has 30 nitrogen and oxygen atoms in total. The number of ether oxygens (including phenoxy) is 12. The van der Waals surface area contributed by atoms with E-state index < -0.39 is 54.4 Å². The van der Waals surface area contributed by atoms with Gasteiger partial charge in [0.2, 0.25) is 0 Å². The van der Waals surface area contributed by atoms with Gasteiger partial charge in [0.15, 0.2) is 36.0 Å². The minimum atomic E-state index is -0.771. The number of halogens is 3. The minimum Gasteiger partial charge on any atom is -0.491 e. The number of aromatic nitrogens is 12. The number of pyridine rings is 3. The summed E-state index contributed by atoms with van der Waals surface area (Å²) in [5.74, 6) is 0.288. The average molecular weight is 1510 g/mol. The highest BCUT2D eigenvalue weighted by Crippen LogP contribution is 2.48. The summed E-state index contributed by atoms with van der Waals surface area (Å²) in [6.45, 7) is 11.9. The fourth-order valence-electron chi connectivity index (χ4n) is 14.1. The standard InChI is InChI=1S/C24H19Cl2N5O4.C24H21ClN6O4.C24H23N7O4.2CH4/c1-24(2)34-19-17(10-32-13-3-4-14-16(7-13)28-9-12(8-27)18(14)25)33-23(20(19)35-24)31-6-5-15-21(26)29-11-30-22(15)31;1-24(2)34-19-17(10-32-13-3-4-14-16(7-13)28-9-12(8-26)18(14)25)33-23(20(19)35-24)31-6-5-15-21(27)29-11-30-22(15)31;1-24(2)34-19-17(10-32-13-3-4-14-16(7-13)28-9-12(8-25)18(14)26)33-23(20(19)35-24)31-6-5-15-21(27)29-11-30-22(15)31;;/h3-7,9,11,17,19-20,23H,10H2,1-2H3;3-7,9,11,17,19-20,23H,10H2,1-2H3,(H2,27,29,30);3-7,9,11,17,19-20,23H,10H2,1-2H3,(H2,26,28)(H2,27,29,30);2*1H4/t3*17-,19-,20-,23-;;/m111../s1. The molecule has 0 spiro atoms. The highest BCUT2D eigenvalue weighted by Gasteiger charge is 2.59. The fraction of sp³-hybridized carbons (Fsp3) is 0.351. The zero-order valence-corrected chi connectivity index (χ0v) is 58.9. The molecule has 33 heteroatoms. The molecule has 0 bridgehead atoms. The Morgan fingerprint density at radius 3 is 1.12 bits per heavy atom. The third-order valence-electron chi connectivity index (χ3n) is 18.8. The predicted molar refractivity (Wildman–Crippen MR) is 393 cm³/mol. The molecule has 18 rings (SSSR count). The van der Waals surface area contributed by atoms with Crippen LogP contribution in [0.25, 0.3) is 65.8 Å². The maximum Gasteiger partial charge on any atom is 0.164 e. The summed E-state index contributed by atoms with van der Waals surface area (Å²) in [6.07, 6.45) is 9.40. The van der Waals surface area contributed by atoms with E-state index in [1.165, 1.54) is 37.6 Å². The largest absolute Gasteiger partial charge is 0.491 e. The summed E-state index contributed by atoms with van der Waals surface area (Å²) in [5, 5.41) is 32.9. The second-order valence-electron chi connectivity index (χ2n) is 26.8. The van der Waals surface area contributed by atoms with Gasteiger partial charge in [-0.25, -0.2) is 29.9 Å². The molecule has 3 aromatic carbocycles. The lowest BCUT2D eigenvalue weighted by atomic mass is 10.1. The van der Waals surface area contributed by atoms with Gasteiger partial charge in [-0.05, 0) is 96.1 Å². The van der Waals surface area contributed by atoms with Gasteiger partial charge in [-0.1, -0.05) is 49.7 Å². The molecule has 9 aromatic heterocycles. The third-order valence-corrected chi connectivity index (χ3v) is 19.9. The SMILES string of the molecule is C.C.CC1(C)O[C@@H]2[C@H](O1)[C@@H](COc1ccc3c(Cl)c(C#N)cnc3c1)O[C@H]2n1ccc2c(Cl)ncnc21.CC1(C)O[C@@H]2[C@H](O1)[C@@H](COc1ccc3c(Cl)c(C#N)cnc3c1)O[C@H]2n1ccc2c(N)ncnc21.CC1(C)O[C@@H]2[C@H](O1)[C@@H](COc1ccc3c(N)c(C#N)cnc3c1)O[C@H]2n1ccc2c(N)ncnc21. The summed E-state index contributed by atoms with van der Waals surface area (Å²) in [5.41, 5.74) is 23.4. The van der Waals surface area contributed by atoms with Crippen LogP contribution in [0.15, 0.2) is 129 Å². The van der Waals surface area contributed by atoms with Crippen LogP contribution in [0.2, 0.25) is 15.2 Å². The molecule has 6 saturated heterocycles. The van der Waals surface area contributed by atoms with Crippen LogP contribution in [0.1, 0.15) is 91.8 Å². The topological polar surface area (TPSA) is 391 Å². The number of benzene rings is 3. The quantitative estimate of drug-likeness (QED) is 0.0956. The summed E-state index contributed by atoms with van der Waals surface area (Å²) >= 11 is 18.8. The number of nitriles is 3. The molecule has 6 aliphatic rings. The highest BCUT2D eigenvalue weighted by atomic mass is 35.5. The van der Waals surface area contributed by atoms with E-state index in [-0.39, 0.29) is 71.3 Å². The van der Waals surface area contributed by atoms with Crippen LogP contribution in [0.4, 0.5) is 17.3 Å². The molecule has 0 aliphatic carbocycles. The number of nitrogens with zero attached hydrogens (tertiary/aromatic N) is 15. The van der Waals surface area contributed by atoms with Crippen LogP contribution < -0.4 is 31.4 Å². The number of nitrogens with two attached hydrogens (primary N) is 3. The summed E-state index contributed by atoms with van der Waals surface area (Å²) in [6, 6.07) is 27.8. The van der Waals surface area contributed by atoms with Gasteiger partial charge in [0, 0.05) is 71.5 Å². The highest BCUT2D eigenvalue weighted by molar-refractivity contribution is 6.37. The van der Waals surface area contributed by atoms with Crippen molar-refractivity contribution in [2.24, 2.45) is 0 Å². The van der Waals surface area contributed by atoms with Crippen molar-refractivity contribution in [3.63, 3.8) is 0 Å². The molecule has 0 radical (unpaired) electrons. The molecule has 6 N–H and O–H groups in total. The molecule has 15 heterocycles. The fourth-order valence-corrected chi connectivity index (χ4v) is 14.8. The smallest absolute Gasteiger partial charge is 0.164 e. The van der Waals surface area contributed by atoms with E-state index >= 15 is 0 Å². The van der Waals surface area contributed by atoms with Crippen LogP contribution in [0.3, 0.4) is 0 Å². The lowest BCUT2D eigenvalue weighted by Gasteiger charge is -2.25. The first-order valence-corrected chi connectivity index (χ1v) is 34.2. The minimum absolute atomic E-state index is 0. The van der Waals surface area contributed by atoms with Crippen molar-refractivity contribution < 1.29 is 56.8 Å². The van der Waals surface area contributed by atoms with Gasteiger partial charge in [-0.15, -0.1) is 0 Å². The Hall–Kier alpha value is -10.5. The lowest BCUT2D eigenvalue weighted by Crippen LogP contribution is -2.33. The van der Waals surface area contributed by atoms with E-state index in [9.17, 15) is 0 Å². The van der Waals surface area contributed by atoms with Crippen LogP contribution in [-0.4, -0.2) is 151 Å². The van der Waals surface area contributed by atoms with Crippen LogP contribution in [0.5, 0.6) is 17.2 Å². The Labute approximate surface area is 626 Å². The Kier molecular flexibility index (Phi) is 19.7. The van der Waals surface area contributed by atoms with Crippen molar-refractivity contribution in [2.75, 3.05) is 37.0 Å². The zero-order chi connectivity index (χ0) is 73.0. The first-order chi connectivity index (χ1) is 50.5. The first-order valence-electron chi connectivity index (χ1n) is 33.1. The maximum absolute atomic E-state index is 9.17. The van der Waals surface area contributed by atoms with Crippen molar-refractivity contribution >= 4 is 118 Å². The molecule has 0 amide bonds. The van der Waals surface area contributed by atoms with Gasteiger partial charge in [0.25, 0.3) is 0 Å². The summed E-state index contributed by atoms with van der Waals surface area (Å²) in [4.78, 5) is 38.3. The van der Waals surface area contributed by atoms with Gasteiger partial charge in [0.05, 0.1) is 65.1 Å². The second kappa shape index (κ2) is 28.7. The number of hydrogen-bond donors (Lipinski definition) is 3. The molecular formula is C74H71Cl3N18O12. The maximum atomic E-state index is 9.17. The van der Waals surface area contributed by atoms with Crippen molar-refractivity contribution in [1.29, 1.82) is 15.8 Å². The number of anilines is 3. The molecule has 12 aromatic rings. The van der Waals surface area contributed by atoms with Crippen molar-refractivity contribution in [3.8, 4) is 35.5 Å². The monoisotopic (exact) mass is 1510 g/mol. The second-order valence-corrected chi connectivity index (χ2v) is 27.9. The Morgan fingerprint density at radius 1 is 0.411 bits per heavy atom. The van der Waals surface area contributed by atoms with Gasteiger partial charge >= 0.3 is 0 Å². The van der Waals surface area contributed by atoms with E-state index in [4.69, 9.17) is 125 Å². The van der Waals surface area contributed by atoms with Gasteiger partial charge in [-0.3, -0.25) is 15.0 Å². The van der Waals surface area contributed by atoms with E-state index in [0.29, 0.717) is 116 Å². The van der Waals surface area contributed by atoms with Crippen LogP contribution >= 0.6 is 34.8 Å². The molecule has 6 aliphatic heterocycles. The number of hydrogen-bond acceptors (Lipinski definition) is 27. The molecule has 107 heavy (non-hydrogen) atoms. The molecule has 12 atom stereocenters. The molecular weight excluding hydrogens is 1440 g/mol. The molecule has 6 fully saturated rings. The third kappa shape index (κ3) is 13.6. The van der Waals surface area contributed by atoms with E-state index in [2.05, 4.69) is 44.9 Å². The normalized spacial score (nSPS) is 24.6. The summed E-state index contributed by atoms with van der Waals surface area (Å²) in [7, 11) is 0. The number of fused-ring (bicyclic) bond motifs is 9. The van der Waals surface area contributed by atoms with Crippen LogP contribution in [-0.2, 0) is 42.6 Å². The van der Waals surface area contributed by atoms with Gasteiger partial charge < -0.3 is 87.7 Å². The Bertz CT molecular complexity index is 5030. The predicted octanol–water partition coefficient (Wildman–Crippen LogP) is 12.0. The van der Waals surface area contributed by atoms with Crippen molar-refractivity contribution in [1.82, 2.24) is 58.6 Å². The Morgan fingerprint density at radius 2 is 0.738 bits per heavy atom. The first kappa shape index (κ1) is 73.4. The van der Waals surface area contributed by atoms with Gasteiger partial charge in [0.1, 0.15) is 163 Å². The Balaban J connectivity index is 0.000000133. The molecule has 0 unspecified atom stereocenters. The zero-order valence-electron chi connectivity index (χ0n) is 56.6. The van der Waals surface area contributed by atoms with Crippen molar-refractivity contribution in [2.45, 2.75) is 147 Å². The number of nitrogen functional groups attached to an aromatic ring is 3. The van der Waals surface area contributed by atoms with Crippen LogP contribution in [0, 0.1) is 34.0 Å². The lowest BCUT2D eigenvalue weighted by molar-refractivity contribution is -0.199. The average Bonchev–Trinajstić information content (AvgIpc) is 1.61. The summed E-state index contributed by atoms with van der Waals surface area (Å²) < 4.78 is 80.3. The van der Waals surface area contributed by atoms with Crippen molar-refractivity contribution in [3.05, 3.63) is 161 Å². The molecule has 0 saturated carbocycles.